The van der Waals surface area contributed by atoms with E-state index in [0.717, 1.165) is 19.4 Å². The average molecular weight is 280 g/mol. The normalized spacial score (nSPS) is 34.9. The van der Waals surface area contributed by atoms with Crippen LogP contribution in [-0.4, -0.2) is 48.5 Å². The summed E-state index contributed by atoms with van der Waals surface area (Å²) < 4.78 is 37.7. The third-order valence-electron chi connectivity index (χ3n) is 3.32. The van der Waals surface area contributed by atoms with E-state index in [9.17, 15) is 12.6 Å². The van der Waals surface area contributed by atoms with Gasteiger partial charge in [0.05, 0.1) is 5.75 Å². The van der Waals surface area contributed by atoms with Crippen molar-refractivity contribution < 1.29 is 12.6 Å². The van der Waals surface area contributed by atoms with Crippen LogP contribution in [0.4, 0.5) is 0 Å². The molecule has 100 valence electrons. The lowest BCUT2D eigenvalue weighted by molar-refractivity contribution is 0.514. The van der Waals surface area contributed by atoms with Crippen molar-refractivity contribution in [3.63, 3.8) is 0 Å². The Labute approximate surface area is 105 Å². The fourth-order valence-corrected chi connectivity index (χ4v) is 5.33. The van der Waals surface area contributed by atoms with Crippen LogP contribution >= 0.6 is 0 Å². The van der Waals surface area contributed by atoms with Crippen LogP contribution in [-0.2, 0) is 20.8 Å². The second kappa shape index (κ2) is 5.77. The predicted octanol–water partition coefficient (Wildman–Crippen LogP) is -0.431. The van der Waals surface area contributed by atoms with Gasteiger partial charge in [0.25, 0.3) is 0 Å². The first-order chi connectivity index (χ1) is 8.05. The van der Waals surface area contributed by atoms with Gasteiger partial charge in [-0.15, -0.1) is 0 Å². The molecule has 0 aromatic rings. The van der Waals surface area contributed by atoms with Crippen molar-refractivity contribution in [1.29, 1.82) is 0 Å². The maximum absolute atomic E-state index is 11.9. The zero-order valence-electron chi connectivity index (χ0n) is 9.85. The van der Waals surface area contributed by atoms with E-state index in [2.05, 4.69) is 10.0 Å². The highest BCUT2D eigenvalue weighted by Crippen LogP contribution is 2.12. The molecule has 17 heavy (non-hydrogen) atoms. The zero-order valence-corrected chi connectivity index (χ0v) is 11.5. The molecule has 0 amide bonds. The highest BCUT2D eigenvalue weighted by atomic mass is 32.2. The molecular weight excluding hydrogens is 260 g/mol. The molecule has 1 unspecified atom stereocenters. The molecule has 2 N–H and O–H groups in total. The fraction of sp³-hybridized carbons (Fsp3) is 1.00. The minimum Gasteiger partial charge on any atom is -0.313 e. The quantitative estimate of drug-likeness (QED) is 0.733. The van der Waals surface area contributed by atoms with E-state index in [-0.39, 0.29) is 17.8 Å². The summed E-state index contributed by atoms with van der Waals surface area (Å²) in [6.45, 7) is 0.919. The lowest BCUT2D eigenvalue weighted by Gasteiger charge is -2.23. The first-order valence-electron chi connectivity index (χ1n) is 6.13. The summed E-state index contributed by atoms with van der Waals surface area (Å²) in [4.78, 5) is 0. The van der Waals surface area contributed by atoms with E-state index < -0.39 is 20.8 Å². The molecule has 0 aliphatic carbocycles. The SMILES string of the molecule is O=S1CCC(NS(=O)(=O)CC2CCCN2)CC1. The maximum Gasteiger partial charge on any atom is 0.213 e. The monoisotopic (exact) mass is 280 g/mol. The van der Waals surface area contributed by atoms with Crippen molar-refractivity contribution >= 4 is 20.8 Å². The fourth-order valence-electron chi connectivity index (χ4n) is 2.38. The topological polar surface area (TPSA) is 75.3 Å². The molecule has 0 saturated carbocycles. The van der Waals surface area contributed by atoms with Gasteiger partial charge in [-0.05, 0) is 32.2 Å². The number of hydrogen-bond donors (Lipinski definition) is 2. The number of hydrogen-bond acceptors (Lipinski definition) is 4. The van der Waals surface area contributed by atoms with Gasteiger partial charge in [-0.2, -0.15) is 0 Å². The Morgan fingerprint density at radius 1 is 1.24 bits per heavy atom. The Kier molecular flexibility index (Phi) is 4.57. The lowest BCUT2D eigenvalue weighted by Crippen LogP contribution is -2.43. The Balaban J connectivity index is 1.82. The molecule has 2 rings (SSSR count). The summed E-state index contributed by atoms with van der Waals surface area (Å²) in [5.41, 5.74) is 0. The third-order valence-corrected chi connectivity index (χ3v) is 6.23. The van der Waals surface area contributed by atoms with Crippen LogP contribution in [0.3, 0.4) is 0 Å². The van der Waals surface area contributed by atoms with Crippen LogP contribution in [0.15, 0.2) is 0 Å². The van der Waals surface area contributed by atoms with Gasteiger partial charge < -0.3 is 5.32 Å². The van der Waals surface area contributed by atoms with E-state index in [1.54, 1.807) is 0 Å². The summed E-state index contributed by atoms with van der Waals surface area (Å²) in [5.74, 6) is 1.41. The largest absolute Gasteiger partial charge is 0.313 e. The summed E-state index contributed by atoms with van der Waals surface area (Å²) in [7, 11) is -3.93. The molecule has 2 fully saturated rings. The van der Waals surface area contributed by atoms with Crippen LogP contribution in [0.2, 0.25) is 0 Å². The Morgan fingerprint density at radius 3 is 2.53 bits per heavy atom. The van der Waals surface area contributed by atoms with Gasteiger partial charge in [0, 0.05) is 34.4 Å². The second-order valence-corrected chi connectivity index (χ2v) is 8.31. The van der Waals surface area contributed by atoms with Gasteiger partial charge in [0.2, 0.25) is 10.0 Å². The van der Waals surface area contributed by atoms with Gasteiger partial charge in [0.1, 0.15) is 0 Å². The molecule has 0 aromatic heterocycles. The molecule has 2 aliphatic heterocycles. The van der Waals surface area contributed by atoms with E-state index >= 15 is 0 Å². The smallest absolute Gasteiger partial charge is 0.213 e. The Hall–Kier alpha value is 0.0200. The summed E-state index contributed by atoms with van der Waals surface area (Å²) in [6, 6.07) is 0.0873. The van der Waals surface area contributed by atoms with E-state index in [1.165, 1.54) is 0 Å². The molecule has 1 atom stereocenters. The van der Waals surface area contributed by atoms with Gasteiger partial charge in [-0.1, -0.05) is 0 Å². The van der Waals surface area contributed by atoms with Gasteiger partial charge >= 0.3 is 0 Å². The van der Waals surface area contributed by atoms with Crippen molar-refractivity contribution in [1.82, 2.24) is 10.0 Å². The summed E-state index contributed by atoms with van der Waals surface area (Å²) >= 11 is 0. The highest BCUT2D eigenvalue weighted by molar-refractivity contribution is 7.89. The van der Waals surface area contributed by atoms with Crippen LogP contribution < -0.4 is 10.0 Å². The molecule has 5 nitrogen and oxygen atoms in total. The highest BCUT2D eigenvalue weighted by Gasteiger charge is 2.26. The lowest BCUT2D eigenvalue weighted by atomic mass is 10.2. The molecule has 0 bridgehead atoms. The van der Waals surface area contributed by atoms with Crippen molar-refractivity contribution in [2.45, 2.75) is 37.8 Å². The predicted molar refractivity (Wildman–Crippen MR) is 68.8 cm³/mol. The number of sulfonamides is 1. The van der Waals surface area contributed by atoms with Crippen LogP contribution in [0.5, 0.6) is 0 Å². The molecule has 2 saturated heterocycles. The van der Waals surface area contributed by atoms with Crippen LogP contribution in [0.1, 0.15) is 25.7 Å². The minimum atomic E-state index is -3.19. The molecular formula is C10H20N2O3S2. The van der Waals surface area contributed by atoms with Gasteiger partial charge in [-0.3, -0.25) is 4.21 Å². The molecule has 2 heterocycles. The van der Waals surface area contributed by atoms with Crippen LogP contribution in [0, 0.1) is 0 Å². The van der Waals surface area contributed by atoms with Crippen molar-refractivity contribution in [3.8, 4) is 0 Å². The van der Waals surface area contributed by atoms with E-state index in [4.69, 9.17) is 0 Å². The second-order valence-electron chi connectivity index (χ2n) is 4.81. The summed E-state index contributed by atoms with van der Waals surface area (Å²) in [5, 5.41) is 3.19. The van der Waals surface area contributed by atoms with Crippen LogP contribution in [0.25, 0.3) is 0 Å². The molecule has 2 aliphatic rings. The molecule has 0 radical (unpaired) electrons. The maximum atomic E-state index is 11.9. The Morgan fingerprint density at radius 2 is 1.94 bits per heavy atom. The van der Waals surface area contributed by atoms with Gasteiger partial charge in [0.15, 0.2) is 0 Å². The minimum absolute atomic E-state index is 0.0147. The van der Waals surface area contributed by atoms with Gasteiger partial charge in [-0.25, -0.2) is 13.1 Å². The van der Waals surface area contributed by atoms with E-state index in [0.29, 0.717) is 24.3 Å². The van der Waals surface area contributed by atoms with Crippen molar-refractivity contribution in [3.05, 3.63) is 0 Å². The Bertz CT molecular complexity index is 367. The molecule has 7 heteroatoms. The number of nitrogens with one attached hydrogen (secondary N) is 2. The number of rotatable bonds is 4. The molecule has 0 aromatic carbocycles. The molecule has 0 spiro atoms. The zero-order chi connectivity index (χ0) is 12.3. The average Bonchev–Trinajstić information content (AvgIpc) is 2.73. The van der Waals surface area contributed by atoms with Crippen molar-refractivity contribution in [2.75, 3.05) is 23.8 Å². The third kappa shape index (κ3) is 4.31. The summed E-state index contributed by atoms with van der Waals surface area (Å²) in [6.07, 6.45) is 3.39. The first kappa shape index (κ1) is 13.5. The first-order valence-corrected chi connectivity index (χ1v) is 9.27. The standard InChI is InChI=1S/C10H20N2O3S2/c13-16-6-3-9(4-7-16)12-17(14,15)8-10-2-1-5-11-10/h9-12H,1-8H2. The van der Waals surface area contributed by atoms with E-state index in [1.807, 2.05) is 0 Å². The van der Waals surface area contributed by atoms with Crippen molar-refractivity contribution in [2.24, 2.45) is 0 Å².